The second-order valence-corrected chi connectivity index (χ2v) is 5.73. The summed E-state index contributed by atoms with van der Waals surface area (Å²) in [5, 5.41) is 10.8. The fourth-order valence-electron chi connectivity index (χ4n) is 3.14. The lowest BCUT2D eigenvalue weighted by atomic mass is 9.97. The van der Waals surface area contributed by atoms with E-state index in [-0.39, 0.29) is 0 Å². The van der Waals surface area contributed by atoms with Crippen molar-refractivity contribution < 1.29 is 9.53 Å². The van der Waals surface area contributed by atoms with Gasteiger partial charge in [-0.05, 0) is 48.7 Å². The van der Waals surface area contributed by atoms with E-state index >= 15 is 0 Å². The number of hydrogen-bond acceptors (Lipinski definition) is 4. The van der Waals surface area contributed by atoms with Gasteiger partial charge in [0.2, 0.25) is 6.41 Å². The highest BCUT2D eigenvalue weighted by Crippen LogP contribution is 2.36. The second kappa shape index (κ2) is 5.94. The molecule has 7 nitrogen and oxygen atoms in total. The first-order chi connectivity index (χ1) is 12.2. The Kier molecular flexibility index (Phi) is 3.61. The number of rotatable bonds is 5. The molecule has 0 radical (unpaired) electrons. The van der Waals surface area contributed by atoms with Crippen LogP contribution in [0.3, 0.4) is 0 Å². The number of amides is 1. The van der Waals surface area contributed by atoms with Gasteiger partial charge in [0.25, 0.3) is 0 Å². The summed E-state index contributed by atoms with van der Waals surface area (Å²) in [5.41, 5.74) is 4.88. The molecule has 0 fully saturated rings. The maximum atomic E-state index is 10.6. The van der Waals surface area contributed by atoms with Gasteiger partial charge in [0.05, 0.1) is 19.0 Å². The van der Waals surface area contributed by atoms with Crippen molar-refractivity contribution >= 4 is 28.8 Å². The number of fused-ring (bicyclic) bond motifs is 2. The third kappa shape index (κ3) is 2.50. The van der Waals surface area contributed by atoms with E-state index in [0.29, 0.717) is 18.8 Å². The maximum absolute atomic E-state index is 10.6. The molecule has 0 unspecified atom stereocenters. The van der Waals surface area contributed by atoms with Gasteiger partial charge < -0.3 is 14.5 Å². The van der Waals surface area contributed by atoms with Crippen molar-refractivity contribution in [1.82, 2.24) is 19.6 Å². The Bertz CT molecular complexity index is 1080. The molecule has 0 saturated carbocycles. The number of aromatic amines is 1. The van der Waals surface area contributed by atoms with Gasteiger partial charge in [0.1, 0.15) is 16.9 Å². The number of imidazole rings is 1. The molecule has 0 aliphatic carbocycles. The van der Waals surface area contributed by atoms with E-state index in [1.807, 2.05) is 41.9 Å². The summed E-state index contributed by atoms with van der Waals surface area (Å²) in [4.78, 5) is 14.9. The Morgan fingerprint density at radius 3 is 3.04 bits per heavy atom. The SMILES string of the molecule is CCOc1cc(C)c(-c2ccc3nc(NC=O)cn3c2)c2cn[nH]c12. The molecule has 126 valence electrons. The molecule has 2 N–H and O–H groups in total. The van der Waals surface area contributed by atoms with Crippen LogP contribution in [0.4, 0.5) is 5.82 Å². The highest BCUT2D eigenvalue weighted by molar-refractivity contribution is 5.99. The Morgan fingerprint density at radius 1 is 1.36 bits per heavy atom. The summed E-state index contributed by atoms with van der Waals surface area (Å²) >= 11 is 0. The Balaban J connectivity index is 1.90. The summed E-state index contributed by atoms with van der Waals surface area (Å²) < 4.78 is 7.61. The number of hydrogen-bond donors (Lipinski definition) is 2. The summed E-state index contributed by atoms with van der Waals surface area (Å²) in [6.45, 7) is 4.62. The number of aromatic nitrogens is 4. The van der Waals surface area contributed by atoms with Crippen LogP contribution in [0.2, 0.25) is 0 Å². The number of nitrogens with zero attached hydrogens (tertiary/aromatic N) is 3. The zero-order valence-corrected chi connectivity index (χ0v) is 13.9. The number of ether oxygens (including phenoxy) is 1. The van der Waals surface area contributed by atoms with Crippen molar-refractivity contribution in [3.63, 3.8) is 0 Å². The standard InChI is InChI=1S/C18H17N5O2/c1-3-25-14-6-11(2)17(13-7-20-22-18(13)14)12-4-5-16-21-15(19-10-24)9-23(16)8-12/h4-10H,3H2,1-2H3,(H,19,24)(H,20,22). The molecule has 0 aliphatic rings. The van der Waals surface area contributed by atoms with Gasteiger partial charge in [-0.2, -0.15) is 5.10 Å². The molecule has 0 saturated heterocycles. The molecule has 0 aliphatic heterocycles. The predicted octanol–water partition coefficient (Wildman–Crippen LogP) is 3.15. The first-order valence-corrected chi connectivity index (χ1v) is 8.00. The molecular weight excluding hydrogens is 318 g/mol. The second-order valence-electron chi connectivity index (χ2n) is 5.73. The molecule has 7 heteroatoms. The number of carbonyl (C=O) groups is 1. The number of benzene rings is 1. The summed E-state index contributed by atoms with van der Waals surface area (Å²) in [7, 11) is 0. The predicted molar refractivity (Wildman–Crippen MR) is 95.9 cm³/mol. The van der Waals surface area contributed by atoms with E-state index in [4.69, 9.17) is 4.74 Å². The van der Waals surface area contributed by atoms with Crippen molar-refractivity contribution in [3.8, 4) is 16.9 Å². The van der Waals surface area contributed by atoms with Crippen molar-refractivity contribution in [1.29, 1.82) is 0 Å². The molecule has 1 amide bonds. The number of carbonyl (C=O) groups excluding carboxylic acids is 1. The van der Waals surface area contributed by atoms with Gasteiger partial charge in [0, 0.05) is 11.6 Å². The molecule has 0 spiro atoms. The first-order valence-electron chi connectivity index (χ1n) is 8.00. The van der Waals surface area contributed by atoms with E-state index in [9.17, 15) is 4.79 Å². The van der Waals surface area contributed by atoms with E-state index in [1.165, 1.54) is 0 Å². The van der Waals surface area contributed by atoms with Crippen LogP contribution >= 0.6 is 0 Å². The van der Waals surface area contributed by atoms with E-state index in [0.717, 1.165) is 39.0 Å². The molecule has 4 rings (SSSR count). The van der Waals surface area contributed by atoms with E-state index in [1.54, 1.807) is 6.20 Å². The zero-order valence-electron chi connectivity index (χ0n) is 13.9. The topological polar surface area (TPSA) is 84.3 Å². The van der Waals surface area contributed by atoms with Gasteiger partial charge in [-0.15, -0.1) is 0 Å². The van der Waals surface area contributed by atoms with Crippen LogP contribution in [0.25, 0.3) is 27.7 Å². The van der Waals surface area contributed by atoms with Gasteiger partial charge in [-0.1, -0.05) is 0 Å². The third-order valence-electron chi connectivity index (χ3n) is 4.14. The van der Waals surface area contributed by atoms with Gasteiger partial charge in [-0.3, -0.25) is 9.89 Å². The van der Waals surface area contributed by atoms with Gasteiger partial charge in [0.15, 0.2) is 5.82 Å². The minimum Gasteiger partial charge on any atom is -0.492 e. The zero-order chi connectivity index (χ0) is 17.4. The Morgan fingerprint density at radius 2 is 2.24 bits per heavy atom. The molecule has 1 aromatic carbocycles. The summed E-state index contributed by atoms with van der Waals surface area (Å²) in [6, 6.07) is 5.96. The van der Waals surface area contributed by atoms with Crippen LogP contribution in [-0.4, -0.2) is 32.6 Å². The van der Waals surface area contributed by atoms with Crippen molar-refractivity contribution in [2.45, 2.75) is 13.8 Å². The van der Waals surface area contributed by atoms with Gasteiger partial charge in [-0.25, -0.2) is 4.98 Å². The minimum absolute atomic E-state index is 0.518. The van der Waals surface area contributed by atoms with Crippen LogP contribution < -0.4 is 10.1 Å². The maximum Gasteiger partial charge on any atom is 0.212 e. The van der Waals surface area contributed by atoms with Gasteiger partial charge >= 0.3 is 0 Å². The highest BCUT2D eigenvalue weighted by atomic mass is 16.5. The van der Waals surface area contributed by atoms with Crippen LogP contribution in [0.5, 0.6) is 5.75 Å². The molecule has 3 aromatic heterocycles. The molecule has 0 atom stereocenters. The van der Waals surface area contributed by atoms with E-state index < -0.39 is 0 Å². The van der Waals surface area contributed by atoms with Crippen LogP contribution in [-0.2, 0) is 4.79 Å². The van der Waals surface area contributed by atoms with Crippen molar-refractivity contribution in [2.24, 2.45) is 0 Å². The molecule has 4 aromatic rings. The fourth-order valence-corrected chi connectivity index (χ4v) is 3.14. The Labute approximate surface area is 143 Å². The largest absolute Gasteiger partial charge is 0.492 e. The number of H-pyrrole nitrogens is 1. The normalized spacial score (nSPS) is 11.1. The number of aryl methyl sites for hydroxylation is 1. The Hall–Kier alpha value is -3.35. The molecule has 3 heterocycles. The number of nitrogens with one attached hydrogen (secondary N) is 2. The monoisotopic (exact) mass is 335 g/mol. The van der Waals surface area contributed by atoms with Crippen LogP contribution in [0.1, 0.15) is 12.5 Å². The summed E-state index contributed by atoms with van der Waals surface area (Å²) in [5.74, 6) is 1.32. The lowest BCUT2D eigenvalue weighted by molar-refractivity contribution is -0.105. The van der Waals surface area contributed by atoms with Crippen LogP contribution in [0.15, 0.2) is 36.8 Å². The van der Waals surface area contributed by atoms with Crippen molar-refractivity contribution in [3.05, 3.63) is 42.4 Å². The third-order valence-corrected chi connectivity index (χ3v) is 4.14. The molecule has 0 bridgehead atoms. The highest BCUT2D eigenvalue weighted by Gasteiger charge is 2.15. The fraction of sp³-hybridized carbons (Fsp3) is 0.167. The summed E-state index contributed by atoms with van der Waals surface area (Å²) in [6.07, 6.45) is 6.21. The lowest BCUT2D eigenvalue weighted by Crippen LogP contribution is -1.95. The average Bonchev–Trinajstić information content (AvgIpc) is 3.21. The quantitative estimate of drug-likeness (QED) is 0.549. The van der Waals surface area contributed by atoms with Crippen LogP contribution in [0, 0.1) is 6.92 Å². The van der Waals surface area contributed by atoms with E-state index in [2.05, 4.69) is 27.4 Å². The minimum atomic E-state index is 0.518. The molecular formula is C18H17N5O2. The number of pyridine rings is 1. The number of anilines is 1. The average molecular weight is 335 g/mol. The molecule has 25 heavy (non-hydrogen) atoms. The van der Waals surface area contributed by atoms with Crippen molar-refractivity contribution in [2.75, 3.05) is 11.9 Å². The smallest absolute Gasteiger partial charge is 0.212 e. The first kappa shape index (κ1) is 15.2. The lowest BCUT2D eigenvalue weighted by Gasteiger charge is -2.12.